The Kier molecular flexibility index (Phi) is 4.79. The highest BCUT2D eigenvalue weighted by Crippen LogP contribution is 2.28. The molecule has 2 atom stereocenters. The molecule has 1 saturated carbocycles. The molecule has 120 valence electrons. The highest BCUT2D eigenvalue weighted by atomic mass is 16.5. The topological polar surface area (TPSA) is 32.8 Å². The lowest BCUT2D eigenvalue weighted by Gasteiger charge is -2.36. The minimum Gasteiger partial charge on any atom is -0.372 e. The Morgan fingerprint density at radius 1 is 1.18 bits per heavy atom. The summed E-state index contributed by atoms with van der Waals surface area (Å²) in [5.74, 6) is 0.241. The monoisotopic (exact) mass is 302 g/mol. The summed E-state index contributed by atoms with van der Waals surface area (Å²) in [7, 11) is 0. The number of nitrogens with zero attached hydrogens (tertiary/aromatic N) is 2. The lowest BCUT2D eigenvalue weighted by molar-refractivity contribution is -0.144. The van der Waals surface area contributed by atoms with Crippen molar-refractivity contribution in [3.05, 3.63) is 35.9 Å². The fraction of sp³-hybridized carbons (Fsp3) is 0.611. The molecule has 1 amide bonds. The van der Waals surface area contributed by atoms with Gasteiger partial charge in [0.05, 0.1) is 18.8 Å². The summed E-state index contributed by atoms with van der Waals surface area (Å²) in [5, 5.41) is 0. The lowest BCUT2D eigenvalue weighted by Crippen LogP contribution is -2.51. The van der Waals surface area contributed by atoms with E-state index in [2.05, 4.69) is 29.2 Å². The third kappa shape index (κ3) is 4.08. The molecule has 2 unspecified atom stereocenters. The van der Waals surface area contributed by atoms with Gasteiger partial charge in [-0.1, -0.05) is 30.3 Å². The number of rotatable bonds is 5. The van der Waals surface area contributed by atoms with Gasteiger partial charge in [-0.2, -0.15) is 0 Å². The molecule has 0 N–H and O–H groups in total. The molecule has 1 aromatic rings. The average molecular weight is 302 g/mol. The Labute approximate surface area is 133 Å². The number of ether oxygens (including phenoxy) is 1. The van der Waals surface area contributed by atoms with Crippen molar-refractivity contribution in [2.45, 2.75) is 51.5 Å². The molecule has 2 aliphatic rings. The Balaban J connectivity index is 1.60. The number of hydrogen-bond acceptors (Lipinski definition) is 3. The van der Waals surface area contributed by atoms with Crippen molar-refractivity contribution in [2.75, 3.05) is 19.6 Å². The zero-order valence-corrected chi connectivity index (χ0v) is 13.6. The first-order chi connectivity index (χ1) is 10.6. The van der Waals surface area contributed by atoms with Crippen molar-refractivity contribution < 1.29 is 9.53 Å². The minimum absolute atomic E-state index is 0.135. The van der Waals surface area contributed by atoms with Crippen LogP contribution in [0.2, 0.25) is 0 Å². The van der Waals surface area contributed by atoms with Crippen LogP contribution in [-0.4, -0.2) is 53.6 Å². The molecule has 1 heterocycles. The second-order valence-electron chi connectivity index (χ2n) is 6.68. The van der Waals surface area contributed by atoms with Crippen molar-refractivity contribution in [2.24, 2.45) is 0 Å². The van der Waals surface area contributed by atoms with Gasteiger partial charge in [0.2, 0.25) is 5.91 Å². The Morgan fingerprint density at radius 2 is 1.82 bits per heavy atom. The predicted octanol–water partition coefficient (Wildman–Crippen LogP) is 2.29. The van der Waals surface area contributed by atoms with E-state index in [4.69, 9.17) is 4.74 Å². The number of benzene rings is 1. The van der Waals surface area contributed by atoms with Gasteiger partial charge in [-0.15, -0.1) is 0 Å². The Morgan fingerprint density at radius 3 is 2.41 bits per heavy atom. The minimum atomic E-state index is 0.135. The summed E-state index contributed by atoms with van der Waals surface area (Å²) in [5.41, 5.74) is 1.28. The van der Waals surface area contributed by atoms with E-state index >= 15 is 0 Å². The van der Waals surface area contributed by atoms with Crippen LogP contribution in [0.15, 0.2) is 30.3 Å². The third-order valence-corrected chi connectivity index (χ3v) is 4.40. The van der Waals surface area contributed by atoms with Crippen LogP contribution < -0.4 is 0 Å². The number of hydrogen-bond donors (Lipinski definition) is 0. The summed E-state index contributed by atoms with van der Waals surface area (Å²) in [6.45, 7) is 6.91. The highest BCUT2D eigenvalue weighted by molar-refractivity contribution is 5.78. The molecule has 0 aromatic heterocycles. The number of carbonyl (C=O) groups excluding carboxylic acids is 1. The summed E-state index contributed by atoms with van der Waals surface area (Å²) >= 11 is 0. The molecule has 1 saturated heterocycles. The van der Waals surface area contributed by atoms with Crippen molar-refractivity contribution in [3.8, 4) is 0 Å². The summed E-state index contributed by atoms with van der Waals surface area (Å²) in [4.78, 5) is 17.0. The van der Waals surface area contributed by atoms with Gasteiger partial charge >= 0.3 is 0 Å². The quantitative estimate of drug-likeness (QED) is 0.836. The lowest BCUT2D eigenvalue weighted by atomic mass is 10.2. The van der Waals surface area contributed by atoms with Gasteiger partial charge in [-0.25, -0.2) is 0 Å². The average Bonchev–Trinajstić information content (AvgIpc) is 3.31. The van der Waals surface area contributed by atoms with Crippen molar-refractivity contribution in [1.82, 2.24) is 9.80 Å². The van der Waals surface area contributed by atoms with Gasteiger partial charge in [0.15, 0.2) is 0 Å². The molecule has 1 aliphatic carbocycles. The van der Waals surface area contributed by atoms with Crippen LogP contribution in [0.4, 0.5) is 0 Å². The fourth-order valence-corrected chi connectivity index (χ4v) is 3.23. The normalized spacial score (nSPS) is 25.5. The van der Waals surface area contributed by atoms with Crippen molar-refractivity contribution in [1.29, 1.82) is 0 Å². The van der Waals surface area contributed by atoms with Crippen LogP contribution in [0.3, 0.4) is 0 Å². The predicted molar refractivity (Wildman–Crippen MR) is 86.5 cm³/mol. The maximum atomic E-state index is 12.7. The van der Waals surface area contributed by atoms with Crippen LogP contribution >= 0.6 is 0 Å². The van der Waals surface area contributed by atoms with Gasteiger partial charge in [0.1, 0.15) is 0 Å². The molecule has 3 rings (SSSR count). The van der Waals surface area contributed by atoms with Gasteiger partial charge in [0, 0.05) is 25.7 Å². The van der Waals surface area contributed by atoms with Crippen LogP contribution in [-0.2, 0) is 16.1 Å². The smallest absolute Gasteiger partial charge is 0.236 e. The van der Waals surface area contributed by atoms with E-state index in [1.165, 1.54) is 18.4 Å². The second-order valence-corrected chi connectivity index (χ2v) is 6.68. The van der Waals surface area contributed by atoms with E-state index in [1.54, 1.807) is 0 Å². The Bertz CT molecular complexity index is 491. The molecule has 4 heteroatoms. The van der Waals surface area contributed by atoms with Gasteiger partial charge in [-0.3, -0.25) is 9.69 Å². The van der Waals surface area contributed by atoms with E-state index in [1.807, 2.05) is 24.8 Å². The fourth-order valence-electron chi connectivity index (χ4n) is 3.23. The summed E-state index contributed by atoms with van der Waals surface area (Å²) in [6.07, 6.45) is 2.71. The molecule has 0 bridgehead atoms. The standard InChI is InChI=1S/C18H26N2O2/c1-14-10-20(11-15(2)22-14)18(21)13-19(17-8-9-17)12-16-6-4-3-5-7-16/h3-7,14-15,17H,8-13H2,1-2H3. The van der Waals surface area contributed by atoms with Crippen LogP contribution in [0, 0.1) is 0 Å². The molecular weight excluding hydrogens is 276 g/mol. The van der Waals surface area contributed by atoms with Crippen LogP contribution in [0.25, 0.3) is 0 Å². The SMILES string of the molecule is CC1CN(C(=O)CN(Cc2ccccc2)C2CC2)CC(C)O1. The van der Waals surface area contributed by atoms with Gasteiger partial charge in [0.25, 0.3) is 0 Å². The molecule has 0 spiro atoms. The number of morpholine rings is 1. The first-order valence-corrected chi connectivity index (χ1v) is 8.33. The van der Waals surface area contributed by atoms with Crippen molar-refractivity contribution >= 4 is 5.91 Å². The van der Waals surface area contributed by atoms with Gasteiger partial charge in [-0.05, 0) is 32.3 Å². The summed E-state index contributed by atoms with van der Waals surface area (Å²) < 4.78 is 5.72. The van der Waals surface area contributed by atoms with E-state index in [0.29, 0.717) is 25.7 Å². The Hall–Kier alpha value is -1.39. The zero-order chi connectivity index (χ0) is 15.5. The van der Waals surface area contributed by atoms with Crippen molar-refractivity contribution in [3.63, 3.8) is 0 Å². The first-order valence-electron chi connectivity index (χ1n) is 8.33. The molecule has 1 aromatic carbocycles. The molecule has 4 nitrogen and oxygen atoms in total. The summed E-state index contributed by atoms with van der Waals surface area (Å²) in [6, 6.07) is 11.0. The van der Waals surface area contributed by atoms with E-state index < -0.39 is 0 Å². The molecule has 1 aliphatic heterocycles. The second kappa shape index (κ2) is 6.80. The van der Waals surface area contributed by atoms with Crippen LogP contribution in [0.1, 0.15) is 32.3 Å². The zero-order valence-electron chi connectivity index (χ0n) is 13.6. The van der Waals surface area contributed by atoms with E-state index in [-0.39, 0.29) is 18.1 Å². The molecule has 22 heavy (non-hydrogen) atoms. The molecule has 2 fully saturated rings. The van der Waals surface area contributed by atoms with E-state index in [9.17, 15) is 4.79 Å². The largest absolute Gasteiger partial charge is 0.372 e. The van der Waals surface area contributed by atoms with E-state index in [0.717, 1.165) is 6.54 Å². The van der Waals surface area contributed by atoms with Gasteiger partial charge < -0.3 is 9.64 Å². The van der Waals surface area contributed by atoms with Crippen LogP contribution in [0.5, 0.6) is 0 Å². The first kappa shape index (κ1) is 15.5. The molecule has 0 radical (unpaired) electrons. The number of amides is 1. The maximum Gasteiger partial charge on any atom is 0.236 e. The maximum absolute atomic E-state index is 12.7. The third-order valence-electron chi connectivity index (χ3n) is 4.40. The highest BCUT2D eigenvalue weighted by Gasteiger charge is 2.33. The number of carbonyl (C=O) groups is 1. The molecular formula is C18H26N2O2.